The molecule has 0 radical (unpaired) electrons. The Labute approximate surface area is 135 Å². The van der Waals surface area contributed by atoms with Crippen molar-refractivity contribution in [3.8, 4) is 0 Å². The van der Waals surface area contributed by atoms with Gasteiger partial charge in [-0.15, -0.1) is 0 Å². The van der Waals surface area contributed by atoms with E-state index in [0.717, 1.165) is 25.7 Å². The van der Waals surface area contributed by atoms with Crippen LogP contribution in [0.4, 0.5) is 0 Å². The monoisotopic (exact) mass is 304 g/mol. The van der Waals surface area contributed by atoms with Gasteiger partial charge < -0.3 is 10.2 Å². The van der Waals surface area contributed by atoms with E-state index < -0.39 is 6.29 Å². The lowest BCUT2D eigenvalue weighted by atomic mass is 9.48. The fraction of sp³-hybridized carbons (Fsp3) is 0.800. The van der Waals surface area contributed by atoms with Crippen molar-refractivity contribution in [1.29, 1.82) is 0 Å². The average molecular weight is 304 g/mol. The van der Waals surface area contributed by atoms with Gasteiger partial charge in [-0.05, 0) is 61.3 Å². The molecule has 0 spiro atoms. The zero-order valence-corrected chi connectivity index (χ0v) is 14.7. The van der Waals surface area contributed by atoms with E-state index in [4.69, 9.17) is 0 Å². The molecule has 3 aliphatic carbocycles. The molecule has 3 atom stereocenters. The number of aliphatic hydroxyl groups excluding tert-OH is 1. The summed E-state index contributed by atoms with van der Waals surface area (Å²) in [5.74, 6) is 1.05. The summed E-state index contributed by atoms with van der Waals surface area (Å²) in [6.07, 6.45) is 9.15. The largest absolute Gasteiger partial charge is 0.368 e. The number of rotatable bonds is 2. The molecule has 0 bridgehead atoms. The van der Waals surface area contributed by atoms with Crippen LogP contribution in [0.2, 0.25) is 0 Å². The lowest BCUT2D eigenvalue weighted by Gasteiger charge is -2.57. The van der Waals surface area contributed by atoms with Crippen LogP contribution in [-0.2, 0) is 0 Å². The third kappa shape index (κ3) is 2.30. The standard InChI is InChI=1S/C20H32O2/c1-13(2)14-6-8-16-15(12-14)7-9-17-19(16,3)10-5-11-20(17,4)18(21)22/h12-13,17-18,21-22H,5-11H2,1-4H3/t17-,19-,20-/m1/s1. The molecule has 0 aliphatic heterocycles. The van der Waals surface area contributed by atoms with Gasteiger partial charge in [0.05, 0.1) is 0 Å². The van der Waals surface area contributed by atoms with E-state index in [9.17, 15) is 10.2 Å². The minimum absolute atomic E-state index is 0.170. The van der Waals surface area contributed by atoms with E-state index in [0.29, 0.717) is 11.8 Å². The summed E-state index contributed by atoms with van der Waals surface area (Å²) < 4.78 is 0. The Kier molecular flexibility index (Phi) is 4.06. The lowest BCUT2D eigenvalue weighted by Crippen LogP contribution is -2.52. The molecule has 1 saturated carbocycles. The minimum Gasteiger partial charge on any atom is -0.368 e. The second-order valence-electron chi connectivity index (χ2n) is 8.62. The Morgan fingerprint density at radius 3 is 2.45 bits per heavy atom. The van der Waals surface area contributed by atoms with E-state index in [-0.39, 0.29) is 10.8 Å². The van der Waals surface area contributed by atoms with E-state index in [2.05, 4.69) is 33.8 Å². The molecule has 0 saturated heterocycles. The molecule has 0 aromatic heterocycles. The summed E-state index contributed by atoms with van der Waals surface area (Å²) in [6, 6.07) is 0. The lowest BCUT2D eigenvalue weighted by molar-refractivity contribution is -0.186. The highest BCUT2D eigenvalue weighted by Gasteiger charge is 2.54. The third-order valence-corrected chi connectivity index (χ3v) is 7.11. The van der Waals surface area contributed by atoms with Crippen LogP contribution in [0, 0.1) is 22.7 Å². The van der Waals surface area contributed by atoms with Crippen molar-refractivity contribution in [2.75, 3.05) is 0 Å². The quantitative estimate of drug-likeness (QED) is 0.733. The second-order valence-corrected chi connectivity index (χ2v) is 8.62. The van der Waals surface area contributed by atoms with Crippen molar-refractivity contribution in [3.63, 3.8) is 0 Å². The highest BCUT2D eigenvalue weighted by molar-refractivity contribution is 5.40. The van der Waals surface area contributed by atoms with Crippen LogP contribution in [0.5, 0.6) is 0 Å². The maximum atomic E-state index is 10.0. The van der Waals surface area contributed by atoms with Crippen molar-refractivity contribution in [2.45, 2.75) is 78.9 Å². The van der Waals surface area contributed by atoms with Gasteiger partial charge in [-0.3, -0.25) is 0 Å². The molecular weight excluding hydrogens is 272 g/mol. The molecule has 0 aromatic carbocycles. The Balaban J connectivity index is 2.01. The summed E-state index contributed by atoms with van der Waals surface area (Å²) in [5, 5.41) is 20.1. The molecule has 1 fully saturated rings. The van der Waals surface area contributed by atoms with Crippen LogP contribution < -0.4 is 0 Å². The van der Waals surface area contributed by atoms with E-state index in [1.165, 1.54) is 19.3 Å². The predicted molar refractivity (Wildman–Crippen MR) is 90.2 cm³/mol. The van der Waals surface area contributed by atoms with Crippen LogP contribution in [-0.4, -0.2) is 16.5 Å². The van der Waals surface area contributed by atoms with Crippen molar-refractivity contribution < 1.29 is 10.2 Å². The number of hydrogen-bond donors (Lipinski definition) is 2. The molecule has 3 rings (SSSR count). The first-order valence-corrected chi connectivity index (χ1v) is 9.08. The van der Waals surface area contributed by atoms with Gasteiger partial charge in [0.1, 0.15) is 0 Å². The molecule has 0 aromatic rings. The van der Waals surface area contributed by atoms with Crippen LogP contribution in [0.25, 0.3) is 0 Å². The van der Waals surface area contributed by atoms with E-state index >= 15 is 0 Å². The smallest absolute Gasteiger partial charge is 0.157 e. The second kappa shape index (κ2) is 5.49. The fourth-order valence-corrected chi connectivity index (χ4v) is 5.67. The summed E-state index contributed by atoms with van der Waals surface area (Å²) in [6.45, 7) is 9.10. The van der Waals surface area contributed by atoms with Gasteiger partial charge in [0, 0.05) is 5.41 Å². The number of aliphatic hydroxyl groups is 2. The molecule has 3 aliphatic rings. The van der Waals surface area contributed by atoms with Gasteiger partial charge in [-0.25, -0.2) is 0 Å². The maximum Gasteiger partial charge on any atom is 0.157 e. The summed E-state index contributed by atoms with van der Waals surface area (Å²) in [5.41, 5.74) is 4.64. The van der Waals surface area contributed by atoms with E-state index in [1.54, 1.807) is 16.7 Å². The molecule has 2 heteroatoms. The summed E-state index contributed by atoms with van der Waals surface area (Å²) in [4.78, 5) is 0. The van der Waals surface area contributed by atoms with Crippen LogP contribution in [0.1, 0.15) is 72.6 Å². The van der Waals surface area contributed by atoms with Gasteiger partial charge in [-0.1, -0.05) is 51.3 Å². The van der Waals surface area contributed by atoms with Crippen molar-refractivity contribution >= 4 is 0 Å². The van der Waals surface area contributed by atoms with Crippen molar-refractivity contribution in [1.82, 2.24) is 0 Å². The Bertz CT molecular complexity index is 514. The van der Waals surface area contributed by atoms with Crippen LogP contribution in [0.15, 0.2) is 22.8 Å². The van der Waals surface area contributed by atoms with Crippen LogP contribution >= 0.6 is 0 Å². The molecule has 0 amide bonds. The number of hydrogen-bond acceptors (Lipinski definition) is 2. The van der Waals surface area contributed by atoms with Gasteiger partial charge in [0.25, 0.3) is 0 Å². The molecule has 2 nitrogen and oxygen atoms in total. The van der Waals surface area contributed by atoms with Gasteiger partial charge >= 0.3 is 0 Å². The third-order valence-electron chi connectivity index (χ3n) is 7.11. The molecule has 0 heterocycles. The van der Waals surface area contributed by atoms with Crippen molar-refractivity contribution in [2.24, 2.45) is 22.7 Å². The first-order chi connectivity index (χ1) is 10.3. The Hall–Kier alpha value is -0.600. The normalized spacial score (nSPS) is 38.9. The summed E-state index contributed by atoms with van der Waals surface area (Å²) >= 11 is 0. The maximum absolute atomic E-state index is 10.0. The SMILES string of the molecule is CC(C)C1=CC2=C(CC1)[C@@]1(C)CCC[C@@](C)(C(O)O)[C@@H]1CC2. The topological polar surface area (TPSA) is 40.5 Å². The minimum atomic E-state index is -1.19. The fourth-order valence-electron chi connectivity index (χ4n) is 5.67. The number of allylic oxidation sites excluding steroid dienone is 4. The molecule has 22 heavy (non-hydrogen) atoms. The van der Waals surface area contributed by atoms with Crippen molar-refractivity contribution in [3.05, 3.63) is 22.8 Å². The van der Waals surface area contributed by atoms with E-state index in [1.807, 2.05) is 0 Å². The zero-order chi connectivity index (χ0) is 16.1. The Morgan fingerprint density at radius 2 is 1.82 bits per heavy atom. The first kappa shape index (κ1) is 16.3. The molecule has 2 N–H and O–H groups in total. The molecular formula is C20H32O2. The van der Waals surface area contributed by atoms with Gasteiger partial charge in [0.2, 0.25) is 0 Å². The van der Waals surface area contributed by atoms with Crippen LogP contribution in [0.3, 0.4) is 0 Å². The molecule has 0 unspecified atom stereocenters. The molecule has 124 valence electrons. The first-order valence-electron chi connectivity index (χ1n) is 9.08. The summed E-state index contributed by atoms with van der Waals surface area (Å²) in [7, 11) is 0. The van der Waals surface area contributed by atoms with Gasteiger partial charge in [-0.2, -0.15) is 0 Å². The highest BCUT2D eigenvalue weighted by Crippen LogP contribution is 2.62. The number of fused-ring (bicyclic) bond motifs is 2. The highest BCUT2D eigenvalue weighted by atomic mass is 16.5. The predicted octanol–water partition coefficient (Wildman–Crippen LogP) is 4.58. The average Bonchev–Trinajstić information content (AvgIpc) is 2.46. The Morgan fingerprint density at radius 1 is 1.09 bits per heavy atom. The zero-order valence-electron chi connectivity index (χ0n) is 14.7. The van der Waals surface area contributed by atoms with Gasteiger partial charge in [0.15, 0.2) is 6.29 Å².